The topological polar surface area (TPSA) is 133 Å². The van der Waals surface area contributed by atoms with Crippen molar-refractivity contribution in [3.63, 3.8) is 0 Å². The summed E-state index contributed by atoms with van der Waals surface area (Å²) in [6.45, 7) is 6.87. The van der Waals surface area contributed by atoms with Crippen LogP contribution in [0.15, 0.2) is 114 Å². The summed E-state index contributed by atoms with van der Waals surface area (Å²) in [7, 11) is 0. The number of allylic oxidation sites excluding steroid dienone is 1. The summed E-state index contributed by atoms with van der Waals surface area (Å²) in [5, 5.41) is 37.9. The number of nitrogens with zero attached hydrogens (tertiary/aromatic N) is 2. The Morgan fingerprint density at radius 3 is 2.44 bits per heavy atom. The molecule has 10 nitrogen and oxygen atoms in total. The van der Waals surface area contributed by atoms with Gasteiger partial charge in [0, 0.05) is 43.2 Å². The number of nitro groups is 1. The number of aliphatic hydroxyl groups is 2. The second-order valence-corrected chi connectivity index (χ2v) is 16.5. The normalized spacial score (nSPS) is 24.2. The van der Waals surface area contributed by atoms with Crippen LogP contribution in [0.2, 0.25) is 0 Å². The van der Waals surface area contributed by atoms with Gasteiger partial charge in [-0.3, -0.25) is 10.1 Å². The first-order valence-electron chi connectivity index (χ1n) is 20.1. The number of non-ortho nitro benzene ring substituents is 1. The zero-order valence-electron chi connectivity index (χ0n) is 32.5. The lowest BCUT2D eigenvalue weighted by Crippen LogP contribution is -2.64. The molecule has 0 amide bonds. The van der Waals surface area contributed by atoms with Crippen molar-refractivity contribution in [3.8, 4) is 17.2 Å². The highest BCUT2D eigenvalue weighted by atomic mass is 32.2. The Labute approximate surface area is 338 Å². The average Bonchev–Trinajstić information content (AvgIpc) is 3.22. The second-order valence-electron chi connectivity index (χ2n) is 15.0. The fraction of sp³-hybridized carbons (Fsp3) is 0.413. The van der Waals surface area contributed by atoms with Gasteiger partial charge in [0.25, 0.3) is 5.69 Å². The second kappa shape index (κ2) is 18.7. The molecule has 1 aliphatic heterocycles. The van der Waals surface area contributed by atoms with Gasteiger partial charge >= 0.3 is 0 Å². The van der Waals surface area contributed by atoms with Crippen molar-refractivity contribution in [1.29, 1.82) is 0 Å². The molecule has 1 fully saturated rings. The quantitative estimate of drug-likeness (QED) is 0.0412. The largest absolute Gasteiger partial charge is 0.460 e. The van der Waals surface area contributed by atoms with Gasteiger partial charge in [-0.1, -0.05) is 67.4 Å². The van der Waals surface area contributed by atoms with Gasteiger partial charge in [0.1, 0.15) is 23.9 Å². The highest BCUT2D eigenvalue weighted by Gasteiger charge is 2.63. The van der Waals surface area contributed by atoms with E-state index in [1.54, 1.807) is 30.0 Å². The van der Waals surface area contributed by atoms with Crippen molar-refractivity contribution in [3.05, 3.63) is 130 Å². The maximum Gasteiger partial charge on any atom is 0.269 e. The number of hydrogen-bond acceptors (Lipinski definition) is 10. The highest BCUT2D eigenvalue weighted by molar-refractivity contribution is 8.00. The Morgan fingerprint density at radius 1 is 0.965 bits per heavy atom. The van der Waals surface area contributed by atoms with E-state index in [-0.39, 0.29) is 54.4 Å². The van der Waals surface area contributed by atoms with Crippen LogP contribution in [0.1, 0.15) is 68.9 Å². The minimum Gasteiger partial charge on any atom is -0.460 e. The van der Waals surface area contributed by atoms with Gasteiger partial charge in [-0.15, -0.1) is 6.58 Å². The van der Waals surface area contributed by atoms with Gasteiger partial charge in [-0.05, 0) is 108 Å². The van der Waals surface area contributed by atoms with Gasteiger partial charge in [0.15, 0.2) is 0 Å². The van der Waals surface area contributed by atoms with Crippen molar-refractivity contribution in [2.24, 2.45) is 22.9 Å². The van der Waals surface area contributed by atoms with E-state index >= 15 is 0 Å². The molecule has 1 heterocycles. The van der Waals surface area contributed by atoms with E-state index in [2.05, 4.69) is 49.9 Å². The maximum atomic E-state index is 11.2. The summed E-state index contributed by atoms with van der Waals surface area (Å²) >= 11 is 1.79. The number of nitro benzene ring substituents is 1. The molecule has 11 heteroatoms. The van der Waals surface area contributed by atoms with E-state index in [9.17, 15) is 20.3 Å². The Bertz CT molecular complexity index is 2090. The molecule has 300 valence electrons. The first kappa shape index (κ1) is 40.5. The lowest BCUT2D eigenvalue weighted by molar-refractivity contribution is -0.384. The summed E-state index contributed by atoms with van der Waals surface area (Å²) in [5.41, 5.74) is 3.73. The molecule has 4 aromatic rings. The smallest absolute Gasteiger partial charge is 0.269 e. The molecule has 0 saturated heterocycles. The number of hydrogen-bond donors (Lipinski definition) is 2. The van der Waals surface area contributed by atoms with E-state index < -0.39 is 10.7 Å². The Kier molecular flexibility index (Phi) is 13.3. The summed E-state index contributed by atoms with van der Waals surface area (Å²) in [6, 6.07) is 26.8. The van der Waals surface area contributed by atoms with E-state index in [1.807, 2.05) is 30.3 Å². The minimum atomic E-state index is -1.04. The molecular weight excluding hydrogens is 741 g/mol. The lowest BCUT2D eigenvalue weighted by atomic mass is 9.56. The predicted molar refractivity (Wildman–Crippen MR) is 225 cm³/mol. The van der Waals surface area contributed by atoms with Crippen molar-refractivity contribution < 1.29 is 34.2 Å². The molecule has 0 spiro atoms. The van der Waals surface area contributed by atoms with Crippen LogP contribution >= 0.6 is 11.8 Å². The molecule has 2 aliphatic carbocycles. The third-order valence-electron chi connectivity index (χ3n) is 11.5. The van der Waals surface area contributed by atoms with Gasteiger partial charge < -0.3 is 29.3 Å². The minimum absolute atomic E-state index is 0.0234. The molecule has 0 radical (unpaired) electrons. The molecule has 0 bridgehead atoms. The summed E-state index contributed by atoms with van der Waals surface area (Å²) in [4.78, 5) is 16.9. The zero-order chi connectivity index (χ0) is 39.8. The van der Waals surface area contributed by atoms with Gasteiger partial charge in [-0.25, -0.2) is 0 Å². The number of ether oxygens (including phenoxy) is 3. The van der Waals surface area contributed by atoms with Gasteiger partial charge in [-0.2, -0.15) is 11.8 Å². The molecule has 7 rings (SSSR count). The molecule has 1 saturated carbocycles. The first-order valence-corrected chi connectivity index (χ1v) is 21.2. The van der Waals surface area contributed by atoms with Crippen molar-refractivity contribution in [2.75, 3.05) is 25.6 Å². The number of thioether (sulfide) groups is 1. The summed E-state index contributed by atoms with van der Waals surface area (Å²) in [6.07, 6.45) is 9.60. The summed E-state index contributed by atoms with van der Waals surface area (Å²) in [5.74, 6) is 2.02. The predicted octanol–water partition coefficient (Wildman–Crippen LogP) is 10.1. The monoisotopic (exact) mass is 792 g/mol. The van der Waals surface area contributed by atoms with E-state index in [1.165, 1.54) is 12.1 Å². The SMILES string of the molecule is C=CCO[C@@]12Oc3ccc(Oc4ccc5ccccc5c4)cc3[C@H]3[C@H](CCCCO)[C@@H](CCCCO)C=C(C(=NOCc4ccc([N+](=O)[O-])cc4)C[C@@H]1SCC)[C@H]32. The Morgan fingerprint density at radius 2 is 1.70 bits per heavy atom. The van der Waals surface area contributed by atoms with E-state index in [4.69, 9.17) is 24.2 Å². The van der Waals surface area contributed by atoms with Crippen LogP contribution in [0.5, 0.6) is 17.2 Å². The summed E-state index contributed by atoms with van der Waals surface area (Å²) < 4.78 is 20.8. The number of benzene rings is 4. The van der Waals surface area contributed by atoms with Crippen LogP contribution in [0.4, 0.5) is 5.69 Å². The molecule has 0 unspecified atom stereocenters. The molecule has 2 N–H and O–H groups in total. The van der Waals surface area contributed by atoms with Gasteiger partial charge in [0.2, 0.25) is 5.79 Å². The Balaban J connectivity index is 1.34. The third kappa shape index (κ3) is 8.77. The van der Waals surface area contributed by atoms with Crippen LogP contribution < -0.4 is 9.47 Å². The number of fused-ring (bicyclic) bond motifs is 3. The van der Waals surface area contributed by atoms with Crippen LogP contribution in [-0.2, 0) is 16.2 Å². The average molecular weight is 793 g/mol. The third-order valence-corrected chi connectivity index (χ3v) is 12.7. The van der Waals surface area contributed by atoms with Crippen molar-refractivity contribution in [2.45, 2.75) is 75.4 Å². The van der Waals surface area contributed by atoms with Crippen LogP contribution in [0.25, 0.3) is 10.8 Å². The molecule has 3 aliphatic rings. The Hall–Kier alpha value is -4.68. The standard InChI is InChI=1S/C46H52N2O8S/c1-3-25-53-46-43(57-4-2)29-41(47-54-30-31-15-18-35(19-16-31)48(51)52)39-27-34(13-7-9-23-49)38(14-8-10-24-50)44(45(39)46)40-28-37(21-22-42(40)56-46)55-36-20-17-32-11-5-6-12-33(32)26-36/h3,5-6,11-12,15-22,26-28,34,38,43-45,49-50H,1,4,7-10,13-14,23-25,29-30H2,2H3/t34-,38+,43-,44+,45+,46+/m0/s1. The number of aliphatic hydroxyl groups excluding tert-OH is 2. The van der Waals surface area contributed by atoms with E-state index in [0.717, 1.165) is 76.1 Å². The fourth-order valence-electron chi connectivity index (χ4n) is 9.01. The van der Waals surface area contributed by atoms with Crippen LogP contribution in [0, 0.1) is 27.9 Å². The van der Waals surface area contributed by atoms with E-state index in [0.29, 0.717) is 31.6 Å². The number of rotatable bonds is 19. The molecule has 6 atom stereocenters. The zero-order valence-corrected chi connectivity index (χ0v) is 33.3. The molecule has 0 aromatic heterocycles. The first-order chi connectivity index (χ1) is 27.9. The highest BCUT2D eigenvalue weighted by Crippen LogP contribution is 2.62. The number of unbranched alkanes of at least 4 members (excludes halogenated alkanes) is 2. The van der Waals surface area contributed by atoms with Gasteiger partial charge in [0.05, 0.1) is 28.4 Å². The number of oxime groups is 1. The fourth-order valence-corrected chi connectivity index (χ4v) is 10.2. The lowest BCUT2D eigenvalue weighted by Gasteiger charge is -2.58. The molecule has 4 aromatic carbocycles. The molecule has 57 heavy (non-hydrogen) atoms. The van der Waals surface area contributed by atoms with Crippen molar-refractivity contribution in [1.82, 2.24) is 0 Å². The maximum absolute atomic E-state index is 11.2. The van der Waals surface area contributed by atoms with Crippen LogP contribution in [0.3, 0.4) is 0 Å². The van der Waals surface area contributed by atoms with Crippen molar-refractivity contribution >= 4 is 33.9 Å². The molecular formula is C46H52N2O8S. The van der Waals surface area contributed by atoms with Crippen LogP contribution in [-0.4, -0.2) is 57.5 Å².